The van der Waals surface area contributed by atoms with Crippen molar-refractivity contribution < 1.29 is 9.72 Å². The summed E-state index contributed by atoms with van der Waals surface area (Å²) in [7, 11) is 0. The van der Waals surface area contributed by atoms with E-state index in [1.165, 1.54) is 18.2 Å². The van der Waals surface area contributed by atoms with Crippen molar-refractivity contribution in [1.29, 1.82) is 0 Å². The second-order valence-electron chi connectivity index (χ2n) is 4.46. The fraction of sp³-hybridized carbons (Fsp3) is 0.0714. The number of hydrogen-bond donors (Lipinski definition) is 2. The number of nitrogens with one attached hydrogen (secondary N) is 2. The topological polar surface area (TPSA) is 84.3 Å². The maximum absolute atomic E-state index is 11.9. The lowest BCUT2D eigenvalue weighted by atomic mass is 10.2. The highest BCUT2D eigenvalue weighted by molar-refractivity contribution is 6.32. The van der Waals surface area contributed by atoms with Gasteiger partial charge in [-0.2, -0.15) is 0 Å². The molecule has 2 amide bonds. The van der Waals surface area contributed by atoms with Crippen LogP contribution in [-0.2, 0) is 0 Å². The van der Waals surface area contributed by atoms with E-state index in [4.69, 9.17) is 23.2 Å². The second kappa shape index (κ2) is 6.64. The molecule has 114 valence electrons. The molecule has 8 heteroatoms. The van der Waals surface area contributed by atoms with Gasteiger partial charge in [-0.3, -0.25) is 10.1 Å². The van der Waals surface area contributed by atoms with E-state index in [1.54, 1.807) is 25.1 Å². The van der Waals surface area contributed by atoms with Gasteiger partial charge < -0.3 is 10.6 Å². The van der Waals surface area contributed by atoms with Crippen molar-refractivity contribution in [2.75, 3.05) is 10.6 Å². The van der Waals surface area contributed by atoms with Crippen molar-refractivity contribution in [3.05, 3.63) is 62.1 Å². The number of hydrogen-bond acceptors (Lipinski definition) is 3. The standard InChI is InChI=1S/C14H11Cl2N3O3/c1-8-6-9(15)2-5-12(8)18-14(20)17-10-3-4-11(16)13(7-10)19(21)22/h2-7H,1H3,(H2,17,18,20). The van der Waals surface area contributed by atoms with Crippen LogP contribution in [0.25, 0.3) is 0 Å². The van der Waals surface area contributed by atoms with Gasteiger partial charge in [0.15, 0.2) is 0 Å². The van der Waals surface area contributed by atoms with Crippen molar-refractivity contribution >= 4 is 46.3 Å². The van der Waals surface area contributed by atoms with E-state index in [-0.39, 0.29) is 16.4 Å². The van der Waals surface area contributed by atoms with E-state index >= 15 is 0 Å². The van der Waals surface area contributed by atoms with Crippen molar-refractivity contribution in [2.24, 2.45) is 0 Å². The molecule has 22 heavy (non-hydrogen) atoms. The average molecular weight is 340 g/mol. The number of anilines is 2. The highest BCUT2D eigenvalue weighted by atomic mass is 35.5. The zero-order valence-corrected chi connectivity index (χ0v) is 12.9. The Balaban J connectivity index is 2.12. The van der Waals surface area contributed by atoms with Crippen LogP contribution in [0.1, 0.15) is 5.56 Å². The summed E-state index contributed by atoms with van der Waals surface area (Å²) < 4.78 is 0. The molecule has 2 rings (SSSR count). The van der Waals surface area contributed by atoms with Gasteiger partial charge in [-0.05, 0) is 42.8 Å². The van der Waals surface area contributed by atoms with Gasteiger partial charge in [0.25, 0.3) is 5.69 Å². The van der Waals surface area contributed by atoms with Crippen molar-refractivity contribution in [3.8, 4) is 0 Å². The van der Waals surface area contributed by atoms with Crippen LogP contribution >= 0.6 is 23.2 Å². The van der Waals surface area contributed by atoms with Gasteiger partial charge in [0.05, 0.1) is 4.92 Å². The Labute approximate surface area is 136 Å². The van der Waals surface area contributed by atoms with E-state index < -0.39 is 11.0 Å². The highest BCUT2D eigenvalue weighted by Gasteiger charge is 2.14. The minimum absolute atomic E-state index is 0.00417. The van der Waals surface area contributed by atoms with Gasteiger partial charge in [-0.15, -0.1) is 0 Å². The molecule has 0 aliphatic rings. The van der Waals surface area contributed by atoms with Gasteiger partial charge in [0.1, 0.15) is 5.02 Å². The first kappa shape index (κ1) is 16.1. The first-order valence-electron chi connectivity index (χ1n) is 6.15. The number of rotatable bonds is 3. The molecule has 0 aromatic heterocycles. The summed E-state index contributed by atoms with van der Waals surface area (Å²) in [5.41, 5.74) is 1.37. The molecule has 0 aliphatic heterocycles. The zero-order valence-electron chi connectivity index (χ0n) is 11.4. The van der Waals surface area contributed by atoms with E-state index in [9.17, 15) is 14.9 Å². The number of nitro benzene ring substituents is 1. The van der Waals surface area contributed by atoms with E-state index in [2.05, 4.69) is 10.6 Å². The predicted molar refractivity (Wildman–Crippen MR) is 86.9 cm³/mol. The van der Waals surface area contributed by atoms with Crippen molar-refractivity contribution in [3.63, 3.8) is 0 Å². The summed E-state index contributed by atoms with van der Waals surface area (Å²) in [6.07, 6.45) is 0. The number of halogens is 2. The Bertz CT molecular complexity index is 750. The van der Waals surface area contributed by atoms with Gasteiger partial charge in [0, 0.05) is 22.5 Å². The largest absolute Gasteiger partial charge is 0.323 e. The molecular weight excluding hydrogens is 329 g/mol. The number of aryl methyl sites for hydroxylation is 1. The summed E-state index contributed by atoms with van der Waals surface area (Å²) in [4.78, 5) is 22.1. The molecule has 0 saturated carbocycles. The molecular formula is C14H11Cl2N3O3. The Hall–Kier alpha value is -2.31. The molecule has 2 aromatic carbocycles. The summed E-state index contributed by atoms with van der Waals surface area (Å²) in [5.74, 6) is 0. The molecule has 0 aliphatic carbocycles. The normalized spacial score (nSPS) is 10.1. The average Bonchev–Trinajstić information content (AvgIpc) is 2.44. The lowest BCUT2D eigenvalue weighted by molar-refractivity contribution is -0.384. The molecule has 0 unspecified atom stereocenters. The number of amides is 2. The minimum atomic E-state index is -0.616. The molecule has 0 spiro atoms. The van der Waals surface area contributed by atoms with E-state index in [0.717, 1.165) is 5.56 Å². The summed E-state index contributed by atoms with van der Waals surface area (Å²) in [5, 5.41) is 16.5. The molecule has 0 bridgehead atoms. The Morgan fingerprint density at radius 2 is 1.86 bits per heavy atom. The van der Waals surface area contributed by atoms with Crippen LogP contribution in [0.5, 0.6) is 0 Å². The SMILES string of the molecule is Cc1cc(Cl)ccc1NC(=O)Nc1ccc(Cl)c([N+](=O)[O-])c1. The zero-order chi connectivity index (χ0) is 16.3. The number of urea groups is 1. The van der Waals surface area contributed by atoms with Gasteiger partial charge in [0.2, 0.25) is 0 Å². The third kappa shape index (κ3) is 3.87. The molecule has 6 nitrogen and oxygen atoms in total. The number of carbonyl (C=O) groups is 1. The van der Waals surface area contributed by atoms with Crippen LogP contribution < -0.4 is 10.6 Å². The molecule has 2 N–H and O–H groups in total. The molecule has 0 atom stereocenters. The Morgan fingerprint density at radius 3 is 2.50 bits per heavy atom. The quantitative estimate of drug-likeness (QED) is 0.618. The maximum atomic E-state index is 11.9. The van der Waals surface area contributed by atoms with Crippen LogP contribution in [-0.4, -0.2) is 11.0 Å². The lowest BCUT2D eigenvalue weighted by Gasteiger charge is -2.10. The first-order chi connectivity index (χ1) is 10.4. The maximum Gasteiger partial charge on any atom is 0.323 e. The van der Waals surface area contributed by atoms with E-state index in [0.29, 0.717) is 10.7 Å². The van der Waals surface area contributed by atoms with Gasteiger partial charge >= 0.3 is 6.03 Å². The van der Waals surface area contributed by atoms with Crippen molar-refractivity contribution in [2.45, 2.75) is 6.92 Å². The third-order valence-electron chi connectivity index (χ3n) is 2.84. The fourth-order valence-electron chi connectivity index (χ4n) is 1.78. The summed E-state index contributed by atoms with van der Waals surface area (Å²) >= 11 is 11.6. The van der Waals surface area contributed by atoms with Crippen LogP contribution in [0.2, 0.25) is 10.0 Å². The third-order valence-corrected chi connectivity index (χ3v) is 3.39. The number of nitrogens with zero attached hydrogens (tertiary/aromatic N) is 1. The smallest absolute Gasteiger partial charge is 0.307 e. The first-order valence-corrected chi connectivity index (χ1v) is 6.90. The monoisotopic (exact) mass is 339 g/mol. The van der Waals surface area contributed by atoms with E-state index in [1.807, 2.05) is 0 Å². The molecule has 0 radical (unpaired) electrons. The summed E-state index contributed by atoms with van der Waals surface area (Å²) in [6, 6.07) is 8.52. The van der Waals surface area contributed by atoms with Crippen LogP contribution in [0.3, 0.4) is 0 Å². The highest BCUT2D eigenvalue weighted by Crippen LogP contribution is 2.27. The molecule has 0 fully saturated rings. The number of carbonyl (C=O) groups excluding carboxylic acids is 1. The van der Waals surface area contributed by atoms with Crippen LogP contribution in [0.4, 0.5) is 21.9 Å². The molecule has 0 saturated heterocycles. The lowest BCUT2D eigenvalue weighted by Crippen LogP contribution is -2.20. The van der Waals surface area contributed by atoms with Gasteiger partial charge in [-0.25, -0.2) is 4.79 Å². The summed E-state index contributed by atoms with van der Waals surface area (Å²) in [6.45, 7) is 1.80. The van der Waals surface area contributed by atoms with Crippen LogP contribution in [0.15, 0.2) is 36.4 Å². The van der Waals surface area contributed by atoms with Gasteiger partial charge in [-0.1, -0.05) is 23.2 Å². The molecule has 2 aromatic rings. The van der Waals surface area contributed by atoms with Crippen molar-refractivity contribution in [1.82, 2.24) is 0 Å². The second-order valence-corrected chi connectivity index (χ2v) is 5.31. The predicted octanol–water partition coefficient (Wildman–Crippen LogP) is 4.85. The van der Waals surface area contributed by atoms with Crippen LogP contribution in [0, 0.1) is 17.0 Å². The minimum Gasteiger partial charge on any atom is -0.307 e. The Morgan fingerprint density at radius 1 is 1.14 bits per heavy atom. The molecule has 0 heterocycles. The number of nitro groups is 1. The Kier molecular flexibility index (Phi) is 4.85. The fourth-order valence-corrected chi connectivity index (χ4v) is 2.20. The number of benzene rings is 2.